The number of furan rings is 1. The molecule has 1 unspecified atom stereocenters. The first-order valence-corrected chi connectivity index (χ1v) is 8.81. The predicted molar refractivity (Wildman–Crippen MR) is 104 cm³/mol. The van der Waals surface area contributed by atoms with Gasteiger partial charge in [-0.15, -0.1) is 0 Å². The minimum absolute atomic E-state index is 0.00736. The van der Waals surface area contributed by atoms with Crippen LogP contribution in [0.1, 0.15) is 28.5 Å². The zero-order chi connectivity index (χ0) is 19.8. The fourth-order valence-electron chi connectivity index (χ4n) is 3.46. The van der Waals surface area contributed by atoms with E-state index in [0.717, 1.165) is 11.1 Å². The highest BCUT2D eigenvalue weighted by molar-refractivity contribution is 6.51. The number of carbonyl (C=O) groups is 2. The van der Waals surface area contributed by atoms with Crippen molar-refractivity contribution in [1.82, 2.24) is 4.98 Å². The van der Waals surface area contributed by atoms with Gasteiger partial charge >= 0.3 is 0 Å². The molecule has 2 aromatic heterocycles. The number of Topliss-reactive ketones (excluding diaryl/α,β-unsaturated/α-hetero) is 1. The van der Waals surface area contributed by atoms with Crippen LogP contribution in [0.2, 0.25) is 0 Å². The molecule has 6 nitrogen and oxygen atoms in total. The molecule has 0 spiro atoms. The van der Waals surface area contributed by atoms with Gasteiger partial charge in [-0.05, 0) is 55.3 Å². The largest absolute Gasteiger partial charge is 0.507 e. The van der Waals surface area contributed by atoms with E-state index in [0.29, 0.717) is 17.0 Å². The Kier molecular flexibility index (Phi) is 4.31. The number of hydrogen-bond acceptors (Lipinski definition) is 5. The lowest BCUT2D eigenvalue weighted by Gasteiger charge is -2.25. The van der Waals surface area contributed by atoms with Crippen molar-refractivity contribution in [2.45, 2.75) is 19.9 Å². The number of amides is 1. The van der Waals surface area contributed by atoms with Gasteiger partial charge in [-0.1, -0.05) is 12.1 Å². The van der Waals surface area contributed by atoms with E-state index in [1.54, 1.807) is 30.3 Å². The van der Waals surface area contributed by atoms with Gasteiger partial charge in [-0.25, -0.2) is 0 Å². The monoisotopic (exact) mass is 374 g/mol. The van der Waals surface area contributed by atoms with Gasteiger partial charge in [0.15, 0.2) is 0 Å². The van der Waals surface area contributed by atoms with Gasteiger partial charge in [0.2, 0.25) is 0 Å². The number of nitrogens with zero attached hydrogens (tertiary/aromatic N) is 2. The highest BCUT2D eigenvalue weighted by Crippen LogP contribution is 2.43. The Morgan fingerprint density at radius 1 is 1.07 bits per heavy atom. The molecule has 3 aromatic rings. The number of aliphatic hydroxyl groups excluding tert-OH is 1. The van der Waals surface area contributed by atoms with Gasteiger partial charge in [-0.2, -0.15) is 0 Å². The van der Waals surface area contributed by atoms with Crippen LogP contribution in [0, 0.1) is 13.8 Å². The first-order chi connectivity index (χ1) is 13.5. The number of carbonyl (C=O) groups excluding carboxylic acids is 2. The zero-order valence-corrected chi connectivity index (χ0v) is 15.4. The maximum atomic E-state index is 13.0. The first kappa shape index (κ1) is 17.7. The molecule has 1 N–H and O–H groups in total. The number of aliphatic hydroxyl groups is 1. The molecule has 0 saturated carbocycles. The van der Waals surface area contributed by atoms with Gasteiger partial charge in [0.05, 0.1) is 11.8 Å². The lowest BCUT2D eigenvalue weighted by atomic mass is 9.99. The van der Waals surface area contributed by atoms with Gasteiger partial charge in [0.25, 0.3) is 11.7 Å². The molecule has 1 fully saturated rings. The molecule has 1 amide bonds. The summed E-state index contributed by atoms with van der Waals surface area (Å²) in [6.45, 7) is 3.83. The predicted octanol–water partition coefficient (Wildman–Crippen LogP) is 3.92. The van der Waals surface area contributed by atoms with Crippen LogP contribution in [-0.4, -0.2) is 21.8 Å². The normalized spacial score (nSPS) is 18.6. The second-order valence-electron chi connectivity index (χ2n) is 6.64. The third-order valence-electron chi connectivity index (χ3n) is 5.05. The molecular formula is C22H18N2O4. The van der Waals surface area contributed by atoms with Crippen LogP contribution in [0.5, 0.6) is 0 Å². The standard InChI is InChI=1S/C22H18N2O4/c1-13-5-3-6-16(14(13)2)24-19(17-7-4-12-28-17)18(21(26)22(24)27)20(25)15-8-10-23-11-9-15/h3-12,19,25H,1-2H3/b20-18-. The van der Waals surface area contributed by atoms with Gasteiger partial charge in [-0.3, -0.25) is 19.5 Å². The third-order valence-corrected chi connectivity index (χ3v) is 5.05. The minimum atomic E-state index is -0.858. The van der Waals surface area contributed by atoms with Crippen LogP contribution < -0.4 is 4.90 Å². The molecule has 140 valence electrons. The number of anilines is 1. The van der Waals surface area contributed by atoms with Crippen molar-refractivity contribution in [1.29, 1.82) is 0 Å². The molecule has 3 heterocycles. The molecular weight excluding hydrogens is 356 g/mol. The maximum absolute atomic E-state index is 13.0. The Morgan fingerprint density at radius 2 is 1.82 bits per heavy atom. The van der Waals surface area contributed by atoms with E-state index in [4.69, 9.17) is 4.42 Å². The van der Waals surface area contributed by atoms with E-state index in [1.807, 2.05) is 26.0 Å². The number of aryl methyl sites for hydroxylation is 1. The Labute approximate surface area is 161 Å². The zero-order valence-electron chi connectivity index (χ0n) is 15.4. The molecule has 1 atom stereocenters. The van der Waals surface area contributed by atoms with Crippen molar-refractivity contribution in [2.24, 2.45) is 0 Å². The Bertz CT molecular complexity index is 1080. The summed E-state index contributed by atoms with van der Waals surface area (Å²) >= 11 is 0. The van der Waals surface area contributed by atoms with Gasteiger partial charge < -0.3 is 9.52 Å². The molecule has 6 heteroatoms. The summed E-state index contributed by atoms with van der Waals surface area (Å²) < 4.78 is 5.55. The number of pyridine rings is 1. The molecule has 0 aliphatic carbocycles. The van der Waals surface area contributed by atoms with Crippen LogP contribution in [0.15, 0.2) is 71.1 Å². The fourth-order valence-corrected chi connectivity index (χ4v) is 3.46. The summed E-state index contributed by atoms with van der Waals surface area (Å²) in [5.41, 5.74) is 2.88. The average Bonchev–Trinajstić information content (AvgIpc) is 3.32. The summed E-state index contributed by atoms with van der Waals surface area (Å²) in [6.07, 6.45) is 4.50. The fraction of sp³-hybridized carbons (Fsp3) is 0.136. The van der Waals surface area contributed by atoms with Crippen molar-refractivity contribution >= 4 is 23.1 Å². The lowest BCUT2D eigenvalue weighted by Crippen LogP contribution is -2.30. The van der Waals surface area contributed by atoms with Gasteiger partial charge in [0.1, 0.15) is 17.6 Å². The first-order valence-electron chi connectivity index (χ1n) is 8.81. The molecule has 0 radical (unpaired) electrons. The molecule has 28 heavy (non-hydrogen) atoms. The summed E-state index contributed by atoms with van der Waals surface area (Å²) in [4.78, 5) is 31.3. The van der Waals surface area contributed by atoms with Crippen LogP contribution in [0.3, 0.4) is 0 Å². The van der Waals surface area contributed by atoms with Crippen LogP contribution in [-0.2, 0) is 9.59 Å². The second kappa shape index (κ2) is 6.81. The molecule has 1 aliphatic rings. The summed E-state index contributed by atoms with van der Waals surface area (Å²) in [5.74, 6) is -1.31. The van der Waals surface area contributed by atoms with Crippen LogP contribution >= 0.6 is 0 Å². The van der Waals surface area contributed by atoms with Crippen LogP contribution in [0.4, 0.5) is 5.69 Å². The van der Waals surface area contributed by atoms with E-state index >= 15 is 0 Å². The highest BCUT2D eigenvalue weighted by atomic mass is 16.3. The van der Waals surface area contributed by atoms with Crippen LogP contribution in [0.25, 0.3) is 5.76 Å². The van der Waals surface area contributed by atoms with E-state index in [2.05, 4.69) is 4.98 Å². The molecule has 1 aromatic carbocycles. The second-order valence-corrected chi connectivity index (χ2v) is 6.64. The number of hydrogen-bond donors (Lipinski definition) is 1. The molecule has 1 aliphatic heterocycles. The maximum Gasteiger partial charge on any atom is 0.300 e. The van der Waals surface area contributed by atoms with E-state index in [1.165, 1.54) is 23.6 Å². The average molecular weight is 374 g/mol. The van der Waals surface area contributed by atoms with Crippen molar-refractivity contribution in [2.75, 3.05) is 4.90 Å². The smallest absolute Gasteiger partial charge is 0.300 e. The summed E-state index contributed by atoms with van der Waals surface area (Å²) in [6, 6.07) is 11.2. The quantitative estimate of drug-likeness (QED) is 0.427. The molecule has 1 saturated heterocycles. The number of aromatic nitrogens is 1. The Hall–Kier alpha value is -3.67. The van der Waals surface area contributed by atoms with Crippen molar-refractivity contribution in [3.8, 4) is 0 Å². The SMILES string of the molecule is Cc1cccc(N2C(=O)C(=O)/C(=C(\O)c3ccncc3)C2c2ccco2)c1C. The number of benzene rings is 1. The van der Waals surface area contributed by atoms with E-state index in [-0.39, 0.29) is 11.3 Å². The van der Waals surface area contributed by atoms with Crippen molar-refractivity contribution in [3.05, 3.63) is 89.1 Å². The third kappa shape index (κ3) is 2.70. The lowest BCUT2D eigenvalue weighted by molar-refractivity contribution is -0.132. The van der Waals surface area contributed by atoms with Gasteiger partial charge in [0, 0.05) is 23.6 Å². The highest BCUT2D eigenvalue weighted by Gasteiger charge is 2.48. The topological polar surface area (TPSA) is 83.6 Å². The van der Waals surface area contributed by atoms with Crippen molar-refractivity contribution < 1.29 is 19.1 Å². The molecule has 4 rings (SSSR count). The Morgan fingerprint density at radius 3 is 2.50 bits per heavy atom. The minimum Gasteiger partial charge on any atom is -0.507 e. The molecule has 0 bridgehead atoms. The summed E-state index contributed by atoms with van der Waals surface area (Å²) in [5, 5.41) is 10.9. The van der Waals surface area contributed by atoms with Crippen molar-refractivity contribution in [3.63, 3.8) is 0 Å². The number of ketones is 1. The summed E-state index contributed by atoms with van der Waals surface area (Å²) in [7, 11) is 0. The Balaban J connectivity index is 1.97. The van der Waals surface area contributed by atoms with E-state index in [9.17, 15) is 14.7 Å². The van der Waals surface area contributed by atoms with E-state index < -0.39 is 17.7 Å². The number of rotatable bonds is 3.